The number of benzene rings is 1. The fourth-order valence-corrected chi connectivity index (χ4v) is 3.76. The van der Waals surface area contributed by atoms with E-state index in [0.29, 0.717) is 5.82 Å². The molecule has 5 nitrogen and oxygen atoms in total. The van der Waals surface area contributed by atoms with Crippen molar-refractivity contribution >= 4 is 11.5 Å². The second-order valence-electron chi connectivity index (χ2n) is 6.71. The molecule has 2 aromatic rings. The Morgan fingerprint density at radius 3 is 2.81 bits per heavy atom. The second-order valence-corrected chi connectivity index (χ2v) is 6.71. The third kappa shape index (κ3) is 3.78. The molecule has 1 aromatic heterocycles. The number of nitrogen functional groups attached to an aromatic ring is 1. The van der Waals surface area contributed by atoms with Crippen LogP contribution in [0.3, 0.4) is 0 Å². The average molecular weight is 355 g/mol. The summed E-state index contributed by atoms with van der Waals surface area (Å²) in [7, 11) is 3.45. The van der Waals surface area contributed by atoms with Gasteiger partial charge in [-0.25, -0.2) is 4.98 Å². The van der Waals surface area contributed by atoms with Crippen molar-refractivity contribution in [2.45, 2.75) is 32.6 Å². The van der Waals surface area contributed by atoms with Gasteiger partial charge in [0.25, 0.3) is 0 Å². The lowest BCUT2D eigenvalue weighted by Gasteiger charge is -2.32. The van der Waals surface area contributed by atoms with E-state index in [9.17, 15) is 0 Å². The first-order chi connectivity index (χ1) is 12.7. The predicted octanol–water partition coefficient (Wildman–Crippen LogP) is 3.69. The number of hydrogen-bond donors (Lipinski definition) is 1. The summed E-state index contributed by atoms with van der Waals surface area (Å²) >= 11 is 0. The van der Waals surface area contributed by atoms with Gasteiger partial charge in [0.1, 0.15) is 11.6 Å². The van der Waals surface area contributed by atoms with Crippen LogP contribution in [0.5, 0.6) is 5.75 Å². The molecule has 0 saturated carbocycles. The first-order valence-electron chi connectivity index (χ1n) is 9.38. The number of rotatable bonds is 7. The summed E-state index contributed by atoms with van der Waals surface area (Å²) < 4.78 is 10.8. The quantitative estimate of drug-likeness (QED) is 0.768. The van der Waals surface area contributed by atoms with Gasteiger partial charge in [0, 0.05) is 44.1 Å². The number of anilines is 2. The second kappa shape index (κ2) is 8.41. The Hall–Kier alpha value is -2.27. The van der Waals surface area contributed by atoms with Gasteiger partial charge < -0.3 is 20.1 Å². The van der Waals surface area contributed by atoms with Crippen LogP contribution in [0.4, 0.5) is 11.5 Å². The number of pyridine rings is 1. The molecule has 0 radical (unpaired) electrons. The van der Waals surface area contributed by atoms with E-state index in [2.05, 4.69) is 35.0 Å². The van der Waals surface area contributed by atoms with Crippen LogP contribution in [-0.2, 0) is 17.6 Å². The van der Waals surface area contributed by atoms with Crippen molar-refractivity contribution in [2.24, 2.45) is 0 Å². The fourth-order valence-electron chi connectivity index (χ4n) is 3.76. The third-order valence-corrected chi connectivity index (χ3v) is 5.00. The molecule has 2 N–H and O–H groups in total. The van der Waals surface area contributed by atoms with Gasteiger partial charge in [0.05, 0.1) is 12.8 Å². The largest absolute Gasteiger partial charge is 0.496 e. The predicted molar refractivity (Wildman–Crippen MR) is 107 cm³/mol. The molecular weight excluding hydrogens is 326 g/mol. The number of aromatic nitrogens is 1. The zero-order valence-corrected chi connectivity index (χ0v) is 16.0. The minimum atomic E-state index is 0.501. The molecule has 0 bridgehead atoms. The van der Waals surface area contributed by atoms with Crippen LogP contribution in [0, 0.1) is 0 Å². The van der Waals surface area contributed by atoms with E-state index in [0.717, 1.165) is 61.5 Å². The van der Waals surface area contributed by atoms with Crippen molar-refractivity contribution in [2.75, 3.05) is 44.5 Å². The van der Waals surface area contributed by atoms with Gasteiger partial charge in [0.15, 0.2) is 0 Å². The molecule has 3 rings (SSSR count). The molecule has 5 heteroatoms. The number of fused-ring (bicyclic) bond motifs is 1. The monoisotopic (exact) mass is 355 g/mol. The van der Waals surface area contributed by atoms with Crippen LogP contribution in [0.2, 0.25) is 0 Å². The van der Waals surface area contributed by atoms with Crippen LogP contribution in [0.25, 0.3) is 11.1 Å². The lowest BCUT2D eigenvalue weighted by atomic mass is 9.95. The molecule has 140 valence electrons. The van der Waals surface area contributed by atoms with Crippen molar-refractivity contribution in [3.05, 3.63) is 35.5 Å². The van der Waals surface area contributed by atoms with Gasteiger partial charge in [0.2, 0.25) is 0 Å². The van der Waals surface area contributed by atoms with Gasteiger partial charge in [-0.2, -0.15) is 0 Å². The maximum absolute atomic E-state index is 5.95. The summed E-state index contributed by atoms with van der Waals surface area (Å²) in [5.74, 6) is 1.29. The van der Waals surface area contributed by atoms with Crippen molar-refractivity contribution in [3.8, 4) is 16.9 Å². The van der Waals surface area contributed by atoms with E-state index in [1.165, 1.54) is 17.7 Å². The van der Waals surface area contributed by atoms with E-state index in [1.54, 1.807) is 14.2 Å². The molecule has 0 fully saturated rings. The van der Waals surface area contributed by atoms with Crippen molar-refractivity contribution < 1.29 is 9.47 Å². The number of nitrogens with zero attached hydrogens (tertiary/aromatic N) is 2. The minimum absolute atomic E-state index is 0.501. The zero-order valence-electron chi connectivity index (χ0n) is 16.0. The van der Waals surface area contributed by atoms with E-state index in [1.807, 2.05) is 6.07 Å². The summed E-state index contributed by atoms with van der Waals surface area (Å²) in [4.78, 5) is 7.01. The van der Waals surface area contributed by atoms with E-state index >= 15 is 0 Å². The van der Waals surface area contributed by atoms with Crippen LogP contribution in [-0.4, -0.2) is 38.9 Å². The van der Waals surface area contributed by atoms with E-state index < -0.39 is 0 Å². The summed E-state index contributed by atoms with van der Waals surface area (Å²) in [5.41, 5.74) is 11.9. The van der Waals surface area contributed by atoms with Crippen molar-refractivity contribution in [1.82, 2.24) is 4.98 Å². The standard InChI is InChI=1S/C21H29N3O2/c1-4-17-21(19(26-3)14-20(22)23-17)16-9-8-15-7-5-10-24(18(15)13-16)11-6-12-25-2/h8-9,13-14H,4-7,10-12H2,1-3H3,(H2,22,23). The van der Waals surface area contributed by atoms with Gasteiger partial charge in [-0.3, -0.25) is 0 Å². The Bertz CT molecular complexity index is 736. The molecule has 0 spiro atoms. The minimum Gasteiger partial charge on any atom is -0.496 e. The molecule has 26 heavy (non-hydrogen) atoms. The molecule has 0 amide bonds. The highest BCUT2D eigenvalue weighted by atomic mass is 16.5. The van der Waals surface area contributed by atoms with Crippen molar-refractivity contribution in [1.29, 1.82) is 0 Å². The summed E-state index contributed by atoms with van der Waals surface area (Å²) in [6.45, 7) is 5.00. The van der Waals surface area contributed by atoms with Crippen LogP contribution < -0.4 is 15.4 Å². The van der Waals surface area contributed by atoms with Gasteiger partial charge in [-0.15, -0.1) is 0 Å². The van der Waals surface area contributed by atoms with Gasteiger partial charge in [-0.05, 0) is 42.9 Å². The third-order valence-electron chi connectivity index (χ3n) is 5.00. The zero-order chi connectivity index (χ0) is 18.5. The Labute approximate surface area is 156 Å². The first-order valence-corrected chi connectivity index (χ1v) is 9.38. The summed E-state index contributed by atoms with van der Waals surface area (Å²) in [6.07, 6.45) is 4.18. The molecule has 0 atom stereocenters. The highest BCUT2D eigenvalue weighted by Gasteiger charge is 2.20. The van der Waals surface area contributed by atoms with Gasteiger partial charge >= 0.3 is 0 Å². The topological polar surface area (TPSA) is 60.6 Å². The Balaban J connectivity index is 2.02. The van der Waals surface area contributed by atoms with Crippen LogP contribution >= 0.6 is 0 Å². The molecule has 1 aromatic carbocycles. The van der Waals surface area contributed by atoms with Crippen LogP contribution in [0.1, 0.15) is 31.0 Å². The van der Waals surface area contributed by atoms with Crippen molar-refractivity contribution in [3.63, 3.8) is 0 Å². The molecule has 2 heterocycles. The smallest absolute Gasteiger partial charge is 0.132 e. The van der Waals surface area contributed by atoms with E-state index in [4.69, 9.17) is 15.2 Å². The van der Waals surface area contributed by atoms with Crippen LogP contribution in [0.15, 0.2) is 24.3 Å². The average Bonchev–Trinajstić information content (AvgIpc) is 2.67. The SMILES string of the molecule is CCc1nc(N)cc(OC)c1-c1ccc2c(c1)N(CCCOC)CCC2. The number of hydrogen-bond acceptors (Lipinski definition) is 5. The molecular formula is C21H29N3O2. The Kier molecular flexibility index (Phi) is 5.99. The molecule has 0 aliphatic carbocycles. The molecule has 0 unspecified atom stereocenters. The van der Waals surface area contributed by atoms with Gasteiger partial charge in [-0.1, -0.05) is 19.1 Å². The number of ether oxygens (including phenoxy) is 2. The molecule has 1 aliphatic rings. The maximum atomic E-state index is 5.95. The Morgan fingerprint density at radius 2 is 2.08 bits per heavy atom. The Morgan fingerprint density at radius 1 is 1.23 bits per heavy atom. The number of methoxy groups -OCH3 is 2. The lowest BCUT2D eigenvalue weighted by molar-refractivity contribution is 0.196. The highest BCUT2D eigenvalue weighted by molar-refractivity contribution is 5.78. The maximum Gasteiger partial charge on any atom is 0.132 e. The normalized spacial score (nSPS) is 13.6. The molecule has 0 saturated heterocycles. The number of aryl methyl sites for hydroxylation is 2. The summed E-state index contributed by atoms with van der Waals surface area (Å²) in [6, 6.07) is 8.54. The van der Waals surface area contributed by atoms with E-state index in [-0.39, 0.29) is 0 Å². The highest BCUT2D eigenvalue weighted by Crippen LogP contribution is 2.38. The summed E-state index contributed by atoms with van der Waals surface area (Å²) in [5, 5.41) is 0. The number of nitrogens with two attached hydrogens (primary N) is 1. The lowest BCUT2D eigenvalue weighted by Crippen LogP contribution is -2.30. The molecule has 1 aliphatic heterocycles. The first kappa shape index (κ1) is 18.5. The fraction of sp³-hybridized carbons (Fsp3) is 0.476.